The van der Waals surface area contributed by atoms with Crippen LogP contribution in [0.25, 0.3) is 11.3 Å². The van der Waals surface area contributed by atoms with E-state index in [0.717, 1.165) is 40.3 Å². The van der Waals surface area contributed by atoms with Gasteiger partial charge in [0.05, 0.1) is 11.3 Å². The summed E-state index contributed by atoms with van der Waals surface area (Å²) in [6.07, 6.45) is 3.71. The number of hydrogen-bond donors (Lipinski definition) is 1. The van der Waals surface area contributed by atoms with Crippen LogP contribution in [0, 0.1) is 0 Å². The van der Waals surface area contributed by atoms with Crippen LogP contribution < -0.4 is 10.2 Å². The van der Waals surface area contributed by atoms with Crippen LogP contribution >= 0.6 is 15.9 Å². The van der Waals surface area contributed by atoms with Crippen molar-refractivity contribution in [1.29, 1.82) is 0 Å². The van der Waals surface area contributed by atoms with E-state index in [1.165, 1.54) is 19.3 Å². The fraction of sp³-hybridized carbons (Fsp3) is 0.227. The molecule has 0 atom stereocenters. The number of aromatic nitrogens is 2. The van der Waals surface area contributed by atoms with Gasteiger partial charge in [-0.15, -0.1) is 10.2 Å². The number of hydrogen-bond acceptors (Lipinski definition) is 4. The summed E-state index contributed by atoms with van der Waals surface area (Å²) < 4.78 is 0.767. The maximum atomic E-state index is 12.5. The number of halogens is 1. The van der Waals surface area contributed by atoms with Crippen molar-refractivity contribution in [3.63, 3.8) is 0 Å². The lowest BCUT2D eigenvalue weighted by atomic mass is 10.1. The summed E-state index contributed by atoms with van der Waals surface area (Å²) in [5.41, 5.74) is 3.03. The van der Waals surface area contributed by atoms with E-state index in [2.05, 4.69) is 36.3 Å². The van der Waals surface area contributed by atoms with Crippen LogP contribution in [0.2, 0.25) is 0 Å². The molecule has 1 aliphatic rings. The summed E-state index contributed by atoms with van der Waals surface area (Å²) in [7, 11) is 0. The number of amides is 1. The number of benzene rings is 2. The zero-order chi connectivity index (χ0) is 19.3. The van der Waals surface area contributed by atoms with Crippen molar-refractivity contribution < 1.29 is 4.79 Å². The third kappa shape index (κ3) is 4.22. The van der Waals surface area contributed by atoms with Crippen LogP contribution in [0.15, 0.2) is 65.1 Å². The first-order valence-electron chi connectivity index (χ1n) is 9.46. The van der Waals surface area contributed by atoms with Gasteiger partial charge in [-0.25, -0.2) is 0 Å². The maximum absolute atomic E-state index is 12.5. The molecule has 2 heterocycles. The summed E-state index contributed by atoms with van der Waals surface area (Å²) in [6.45, 7) is 2.09. The van der Waals surface area contributed by atoms with Crippen molar-refractivity contribution in [2.24, 2.45) is 0 Å². The van der Waals surface area contributed by atoms with Gasteiger partial charge in [0.25, 0.3) is 5.91 Å². The lowest BCUT2D eigenvalue weighted by Gasteiger charge is -2.27. The largest absolute Gasteiger partial charge is 0.355 e. The lowest BCUT2D eigenvalue weighted by molar-refractivity contribution is 0.102. The third-order valence-electron chi connectivity index (χ3n) is 4.87. The van der Waals surface area contributed by atoms with E-state index in [0.29, 0.717) is 5.56 Å². The minimum absolute atomic E-state index is 0.156. The van der Waals surface area contributed by atoms with Gasteiger partial charge in [-0.1, -0.05) is 24.3 Å². The van der Waals surface area contributed by atoms with E-state index in [1.54, 1.807) is 6.07 Å². The highest BCUT2D eigenvalue weighted by molar-refractivity contribution is 9.10. The molecule has 1 N–H and O–H groups in total. The Bertz CT molecular complexity index is 968. The Hall–Kier alpha value is -2.73. The van der Waals surface area contributed by atoms with Crippen molar-refractivity contribution in [3.05, 3.63) is 70.7 Å². The normalized spacial score (nSPS) is 14.0. The van der Waals surface area contributed by atoms with Crippen LogP contribution in [-0.4, -0.2) is 29.2 Å². The summed E-state index contributed by atoms with van der Waals surface area (Å²) in [6, 6.07) is 19.0. The van der Waals surface area contributed by atoms with E-state index >= 15 is 0 Å². The van der Waals surface area contributed by atoms with Gasteiger partial charge >= 0.3 is 0 Å². The Morgan fingerprint density at radius 2 is 1.75 bits per heavy atom. The summed E-state index contributed by atoms with van der Waals surface area (Å²) in [5, 5.41) is 11.8. The molecule has 1 aromatic heterocycles. The van der Waals surface area contributed by atoms with Crippen molar-refractivity contribution in [1.82, 2.24) is 10.2 Å². The number of rotatable bonds is 4. The molecule has 5 nitrogen and oxygen atoms in total. The number of nitrogens with zero attached hydrogens (tertiary/aromatic N) is 3. The number of piperidine rings is 1. The van der Waals surface area contributed by atoms with Crippen LogP contribution in [0.5, 0.6) is 0 Å². The number of nitrogens with one attached hydrogen (secondary N) is 1. The average Bonchev–Trinajstić information content (AvgIpc) is 2.75. The molecule has 0 saturated carbocycles. The molecule has 0 radical (unpaired) electrons. The van der Waals surface area contributed by atoms with Crippen molar-refractivity contribution in [2.45, 2.75) is 19.3 Å². The van der Waals surface area contributed by atoms with Gasteiger partial charge in [0, 0.05) is 28.8 Å². The quantitative estimate of drug-likeness (QED) is 0.614. The zero-order valence-corrected chi connectivity index (χ0v) is 17.0. The Morgan fingerprint density at radius 1 is 0.929 bits per heavy atom. The first-order chi connectivity index (χ1) is 13.7. The minimum atomic E-state index is -0.156. The van der Waals surface area contributed by atoms with Crippen molar-refractivity contribution in [2.75, 3.05) is 23.3 Å². The van der Waals surface area contributed by atoms with Gasteiger partial charge in [0.15, 0.2) is 5.82 Å². The van der Waals surface area contributed by atoms with Crippen LogP contribution in [0.3, 0.4) is 0 Å². The molecule has 6 heteroatoms. The van der Waals surface area contributed by atoms with E-state index in [1.807, 2.05) is 54.6 Å². The SMILES string of the molecule is O=C(Nc1cccc(-c2ccc(N3CCCCC3)nn2)c1)c1ccccc1Br. The van der Waals surface area contributed by atoms with Crippen LogP contribution in [0.4, 0.5) is 11.5 Å². The summed E-state index contributed by atoms with van der Waals surface area (Å²) >= 11 is 3.42. The highest BCUT2D eigenvalue weighted by Gasteiger charge is 2.13. The van der Waals surface area contributed by atoms with Gasteiger partial charge in [0.1, 0.15) is 0 Å². The molecule has 0 bridgehead atoms. The highest BCUT2D eigenvalue weighted by atomic mass is 79.9. The van der Waals surface area contributed by atoms with E-state index < -0.39 is 0 Å². The molecule has 1 amide bonds. The molecule has 0 aliphatic carbocycles. The first-order valence-corrected chi connectivity index (χ1v) is 10.2. The number of carbonyl (C=O) groups excluding carboxylic acids is 1. The second kappa shape index (κ2) is 8.52. The fourth-order valence-electron chi connectivity index (χ4n) is 3.37. The van der Waals surface area contributed by atoms with Gasteiger partial charge in [-0.05, 0) is 71.6 Å². The predicted octanol–water partition coefficient (Wildman–Crippen LogP) is 5.15. The number of anilines is 2. The standard InChI is InChI=1S/C22H21BrN4O/c23-19-10-3-2-9-18(19)22(28)24-17-8-6-7-16(15-17)20-11-12-21(26-25-20)27-13-4-1-5-14-27/h2-3,6-12,15H,1,4-5,13-14H2,(H,24,28). The smallest absolute Gasteiger partial charge is 0.256 e. The second-order valence-electron chi connectivity index (χ2n) is 6.84. The topological polar surface area (TPSA) is 58.1 Å². The number of carbonyl (C=O) groups is 1. The summed E-state index contributed by atoms with van der Waals surface area (Å²) in [4.78, 5) is 14.8. The van der Waals surface area contributed by atoms with Gasteiger partial charge in [-0.3, -0.25) is 4.79 Å². The summed E-state index contributed by atoms with van der Waals surface area (Å²) in [5.74, 6) is 0.776. The van der Waals surface area contributed by atoms with E-state index in [9.17, 15) is 4.79 Å². The molecular weight excluding hydrogens is 416 g/mol. The van der Waals surface area contributed by atoms with E-state index in [-0.39, 0.29) is 5.91 Å². The third-order valence-corrected chi connectivity index (χ3v) is 5.56. The van der Waals surface area contributed by atoms with Gasteiger partial charge < -0.3 is 10.2 Å². The Labute approximate surface area is 172 Å². The van der Waals surface area contributed by atoms with Gasteiger partial charge in [-0.2, -0.15) is 0 Å². The Kier molecular flexibility index (Phi) is 5.67. The molecule has 4 rings (SSSR count). The molecule has 0 unspecified atom stereocenters. The molecule has 2 aromatic carbocycles. The highest BCUT2D eigenvalue weighted by Crippen LogP contribution is 2.24. The maximum Gasteiger partial charge on any atom is 0.256 e. The minimum Gasteiger partial charge on any atom is -0.355 e. The Balaban J connectivity index is 1.50. The Morgan fingerprint density at radius 3 is 2.50 bits per heavy atom. The molecule has 1 saturated heterocycles. The van der Waals surface area contributed by atoms with Crippen LogP contribution in [-0.2, 0) is 0 Å². The monoisotopic (exact) mass is 436 g/mol. The second-order valence-corrected chi connectivity index (χ2v) is 7.69. The van der Waals surface area contributed by atoms with Gasteiger partial charge in [0.2, 0.25) is 0 Å². The van der Waals surface area contributed by atoms with Crippen molar-refractivity contribution in [3.8, 4) is 11.3 Å². The lowest BCUT2D eigenvalue weighted by Crippen LogP contribution is -2.30. The molecule has 28 heavy (non-hydrogen) atoms. The molecular formula is C22H21BrN4O. The first kappa shape index (κ1) is 18.6. The molecule has 1 aliphatic heterocycles. The molecule has 3 aromatic rings. The average molecular weight is 437 g/mol. The molecule has 1 fully saturated rings. The van der Waals surface area contributed by atoms with E-state index in [4.69, 9.17) is 0 Å². The van der Waals surface area contributed by atoms with Crippen molar-refractivity contribution >= 4 is 33.3 Å². The molecule has 142 valence electrons. The predicted molar refractivity (Wildman–Crippen MR) is 116 cm³/mol. The molecule has 0 spiro atoms. The van der Waals surface area contributed by atoms with Crippen LogP contribution in [0.1, 0.15) is 29.6 Å². The zero-order valence-electron chi connectivity index (χ0n) is 15.4. The fourth-order valence-corrected chi connectivity index (χ4v) is 3.84.